The van der Waals surface area contributed by atoms with Crippen LogP contribution in [0.3, 0.4) is 0 Å². The van der Waals surface area contributed by atoms with E-state index in [0.717, 1.165) is 6.07 Å². The minimum Gasteiger partial charge on any atom is -0.299 e. The molecule has 0 atom stereocenters. The highest BCUT2D eigenvalue weighted by atomic mass is 16.2. The van der Waals surface area contributed by atoms with Crippen molar-refractivity contribution < 1.29 is 0 Å². The van der Waals surface area contributed by atoms with Crippen LogP contribution < -0.4 is 21.6 Å². The third-order valence-corrected chi connectivity index (χ3v) is 3.06. The standard InChI is InChI=1S/C14H7NO3/c15-12-7-3-1-2-4-8(7)13(17)9-5-6-10(16)14(18)11(9)12/h1-6,15H. The average Bonchev–Trinajstić information content (AvgIpc) is 2.39. The second-order valence-corrected chi connectivity index (χ2v) is 4.07. The zero-order valence-corrected chi connectivity index (χ0v) is 9.19. The first kappa shape index (κ1) is 10.5. The van der Waals surface area contributed by atoms with E-state index in [9.17, 15) is 14.4 Å². The summed E-state index contributed by atoms with van der Waals surface area (Å²) in [6, 6.07) is 9.03. The maximum atomic E-state index is 12.2. The van der Waals surface area contributed by atoms with E-state index < -0.39 is 10.9 Å². The first-order valence-electron chi connectivity index (χ1n) is 5.35. The minimum absolute atomic E-state index is 0.0529. The molecule has 0 bridgehead atoms. The predicted molar refractivity (Wildman–Crippen MR) is 66.3 cm³/mol. The molecule has 86 valence electrons. The van der Waals surface area contributed by atoms with Gasteiger partial charge in [-0.1, -0.05) is 24.3 Å². The maximum Gasteiger partial charge on any atom is 0.235 e. The molecule has 0 unspecified atom stereocenters. The number of hydrogen-bond donors (Lipinski definition) is 1. The van der Waals surface area contributed by atoms with E-state index in [1.54, 1.807) is 24.3 Å². The number of hydrogen-bond acceptors (Lipinski definition) is 4. The zero-order chi connectivity index (χ0) is 12.9. The lowest BCUT2D eigenvalue weighted by Crippen LogP contribution is -2.31. The molecule has 0 saturated carbocycles. The smallest absolute Gasteiger partial charge is 0.235 e. The van der Waals surface area contributed by atoms with Gasteiger partial charge in [-0.15, -0.1) is 0 Å². The molecule has 0 fully saturated rings. The summed E-state index contributed by atoms with van der Waals surface area (Å²) in [5.74, 6) is 0. The second-order valence-electron chi connectivity index (χ2n) is 4.07. The van der Waals surface area contributed by atoms with Gasteiger partial charge in [0.05, 0.1) is 10.6 Å². The highest BCUT2D eigenvalue weighted by Gasteiger charge is 2.08. The van der Waals surface area contributed by atoms with Crippen LogP contribution in [0.4, 0.5) is 0 Å². The molecule has 1 N–H and O–H groups in total. The lowest BCUT2D eigenvalue weighted by atomic mass is 10.0. The van der Waals surface area contributed by atoms with Crippen LogP contribution in [0.1, 0.15) is 0 Å². The van der Waals surface area contributed by atoms with Gasteiger partial charge in [-0.05, 0) is 12.1 Å². The average molecular weight is 237 g/mol. The fraction of sp³-hybridized carbons (Fsp3) is 0. The third-order valence-electron chi connectivity index (χ3n) is 3.06. The zero-order valence-electron chi connectivity index (χ0n) is 9.19. The van der Waals surface area contributed by atoms with Crippen LogP contribution in [0.15, 0.2) is 50.8 Å². The molecule has 1 aromatic carbocycles. The van der Waals surface area contributed by atoms with E-state index in [1.165, 1.54) is 6.07 Å². The first-order chi connectivity index (χ1) is 8.61. The van der Waals surface area contributed by atoms with Gasteiger partial charge < -0.3 is 0 Å². The molecule has 4 heteroatoms. The molecule has 0 aromatic heterocycles. The lowest BCUT2D eigenvalue weighted by Gasteiger charge is -1.97. The van der Waals surface area contributed by atoms with Crippen LogP contribution in [0.25, 0.3) is 10.8 Å². The first-order valence-corrected chi connectivity index (χ1v) is 5.35. The Hall–Kier alpha value is -2.62. The number of benzene rings is 1. The van der Waals surface area contributed by atoms with Crippen molar-refractivity contribution in [2.24, 2.45) is 0 Å². The van der Waals surface area contributed by atoms with Gasteiger partial charge in [-0.2, -0.15) is 0 Å². The van der Waals surface area contributed by atoms with Crippen molar-refractivity contribution in [1.29, 1.82) is 5.41 Å². The van der Waals surface area contributed by atoms with E-state index in [-0.39, 0.29) is 21.2 Å². The lowest BCUT2D eigenvalue weighted by molar-refractivity contribution is 1.21. The van der Waals surface area contributed by atoms with Gasteiger partial charge in [0.25, 0.3) is 0 Å². The van der Waals surface area contributed by atoms with E-state index in [0.29, 0.717) is 10.8 Å². The van der Waals surface area contributed by atoms with E-state index in [1.807, 2.05) is 0 Å². The van der Waals surface area contributed by atoms with Crippen molar-refractivity contribution in [3.63, 3.8) is 0 Å². The Morgan fingerprint density at radius 1 is 0.778 bits per heavy atom. The molecule has 0 spiro atoms. The van der Waals surface area contributed by atoms with E-state index in [4.69, 9.17) is 5.41 Å². The summed E-state index contributed by atoms with van der Waals surface area (Å²) in [6.45, 7) is 0. The Morgan fingerprint density at radius 2 is 1.44 bits per heavy atom. The van der Waals surface area contributed by atoms with E-state index in [2.05, 4.69) is 0 Å². The van der Waals surface area contributed by atoms with Crippen LogP contribution in [0.2, 0.25) is 0 Å². The second kappa shape index (κ2) is 3.43. The summed E-state index contributed by atoms with van der Waals surface area (Å²) in [7, 11) is 0. The normalized spacial score (nSPS) is 11.1. The molecular formula is C14H7NO3. The summed E-state index contributed by atoms with van der Waals surface area (Å²) in [5, 5.41) is 8.80. The van der Waals surface area contributed by atoms with Gasteiger partial charge in [-0.25, -0.2) is 0 Å². The molecular weight excluding hydrogens is 230 g/mol. The van der Waals surface area contributed by atoms with Gasteiger partial charge >= 0.3 is 0 Å². The molecule has 0 amide bonds. The number of nitrogens with one attached hydrogen (secondary N) is 1. The predicted octanol–water partition coefficient (Wildman–Crippen LogP) is 0.000250. The Kier molecular flexibility index (Phi) is 2.01. The fourth-order valence-corrected chi connectivity index (χ4v) is 2.18. The summed E-state index contributed by atoms with van der Waals surface area (Å²) >= 11 is 0. The SMILES string of the molecule is N=c1c2c(=O)c(=O)ccc=2c(=O)c2ccccc12. The Balaban J connectivity index is 2.97. The van der Waals surface area contributed by atoms with Crippen molar-refractivity contribution in [3.8, 4) is 0 Å². The molecule has 0 heterocycles. The molecule has 1 aromatic rings. The largest absolute Gasteiger partial charge is 0.299 e. The Labute approximate surface area is 99.6 Å². The van der Waals surface area contributed by atoms with Crippen LogP contribution in [0, 0.1) is 15.8 Å². The van der Waals surface area contributed by atoms with Crippen LogP contribution >= 0.6 is 0 Å². The Bertz CT molecular complexity index is 1040. The van der Waals surface area contributed by atoms with Crippen molar-refractivity contribution in [2.45, 2.75) is 0 Å². The molecule has 3 rings (SSSR count). The molecule has 0 saturated heterocycles. The van der Waals surface area contributed by atoms with Gasteiger partial charge in [0.1, 0.15) is 0 Å². The number of fused-ring (bicyclic) bond motifs is 1. The monoisotopic (exact) mass is 237 g/mol. The van der Waals surface area contributed by atoms with Crippen molar-refractivity contribution in [1.82, 2.24) is 0 Å². The minimum atomic E-state index is -0.777. The topological polar surface area (TPSA) is 75.1 Å². The fourth-order valence-electron chi connectivity index (χ4n) is 2.18. The molecule has 0 radical (unpaired) electrons. The van der Waals surface area contributed by atoms with Crippen LogP contribution in [0.5, 0.6) is 0 Å². The summed E-state index contributed by atoms with van der Waals surface area (Å²) in [4.78, 5) is 35.3. The maximum absolute atomic E-state index is 12.2. The van der Waals surface area contributed by atoms with Gasteiger partial charge in [-0.3, -0.25) is 19.8 Å². The van der Waals surface area contributed by atoms with Gasteiger partial charge in [0.2, 0.25) is 10.9 Å². The number of rotatable bonds is 0. The molecule has 4 nitrogen and oxygen atoms in total. The Morgan fingerprint density at radius 3 is 2.17 bits per heavy atom. The van der Waals surface area contributed by atoms with Crippen molar-refractivity contribution >= 4 is 10.8 Å². The quantitative estimate of drug-likeness (QED) is 0.559. The highest BCUT2D eigenvalue weighted by molar-refractivity contribution is 5.81. The molecule has 2 aliphatic rings. The third kappa shape index (κ3) is 1.20. The van der Waals surface area contributed by atoms with E-state index >= 15 is 0 Å². The highest BCUT2D eigenvalue weighted by Crippen LogP contribution is 2.04. The van der Waals surface area contributed by atoms with Crippen molar-refractivity contribution in [3.05, 3.63) is 82.9 Å². The van der Waals surface area contributed by atoms with Crippen molar-refractivity contribution in [2.75, 3.05) is 0 Å². The summed E-state index contributed by atoms with van der Waals surface area (Å²) < 4.78 is 0. The van der Waals surface area contributed by atoms with Gasteiger partial charge in [0.15, 0.2) is 5.43 Å². The molecule has 18 heavy (non-hydrogen) atoms. The van der Waals surface area contributed by atoms with Crippen LogP contribution in [-0.2, 0) is 0 Å². The molecule has 2 aliphatic carbocycles. The summed E-state index contributed by atoms with van der Waals surface area (Å²) in [6.07, 6.45) is 0. The van der Waals surface area contributed by atoms with Gasteiger partial charge in [0, 0.05) is 16.0 Å². The molecule has 0 aliphatic heterocycles. The summed E-state index contributed by atoms with van der Waals surface area (Å²) in [5.41, 5.74) is -1.78. The van der Waals surface area contributed by atoms with Crippen LogP contribution in [-0.4, -0.2) is 0 Å².